The van der Waals surface area contributed by atoms with Gasteiger partial charge >= 0.3 is 0 Å². The molecule has 0 spiro atoms. The Kier molecular flexibility index (Phi) is 11.1. The Morgan fingerprint density at radius 3 is 1.70 bits per heavy atom. The highest BCUT2D eigenvalue weighted by Crippen LogP contribution is 2.21. The Labute approximate surface area is 146 Å². The van der Waals surface area contributed by atoms with E-state index in [0.29, 0.717) is 0 Å². The van der Waals surface area contributed by atoms with Crippen molar-refractivity contribution in [3.8, 4) is 0 Å². The average molecular weight is 317 g/mol. The van der Waals surface area contributed by atoms with Crippen LogP contribution in [0.25, 0.3) is 0 Å². The van der Waals surface area contributed by atoms with Crippen LogP contribution < -0.4 is 0 Å². The third kappa shape index (κ3) is 11.4. The molecule has 0 saturated heterocycles. The van der Waals surface area contributed by atoms with Gasteiger partial charge in [0.2, 0.25) is 0 Å². The van der Waals surface area contributed by atoms with E-state index in [0.717, 1.165) is 17.8 Å². The number of rotatable bonds is 13. The summed E-state index contributed by atoms with van der Waals surface area (Å²) < 4.78 is 0. The van der Waals surface area contributed by atoms with Crippen LogP contribution in [0.2, 0.25) is 0 Å². The van der Waals surface area contributed by atoms with Crippen LogP contribution in [-0.2, 0) is 6.42 Å². The van der Waals surface area contributed by atoms with Crippen LogP contribution in [0.15, 0.2) is 30.3 Å². The van der Waals surface area contributed by atoms with E-state index < -0.39 is 0 Å². The Morgan fingerprint density at radius 1 is 0.609 bits per heavy atom. The molecule has 0 aliphatic rings. The number of hydrogen-bond donors (Lipinski definition) is 0. The molecule has 0 aliphatic heterocycles. The van der Waals surface area contributed by atoms with Crippen molar-refractivity contribution in [1.29, 1.82) is 0 Å². The molecule has 0 amide bonds. The largest absolute Gasteiger partial charge is 0.0628 e. The normalized spacial score (nSPS) is 14.1. The molecule has 0 saturated carbocycles. The fourth-order valence-electron chi connectivity index (χ4n) is 3.44. The van der Waals surface area contributed by atoms with Crippen LogP contribution in [-0.4, -0.2) is 0 Å². The standard InChI is InChI=1S/C23H40/c1-20(2)12-10-14-22(4)16-11-15-21(3)13-8-9-19-23-17-6-5-7-18-23/h5-7,17-18,20-22H,8-16,19H2,1-4H3. The van der Waals surface area contributed by atoms with Gasteiger partial charge in [0.1, 0.15) is 0 Å². The van der Waals surface area contributed by atoms with E-state index in [1.54, 1.807) is 0 Å². The van der Waals surface area contributed by atoms with Crippen molar-refractivity contribution in [1.82, 2.24) is 0 Å². The molecular formula is C23H40. The molecule has 23 heavy (non-hydrogen) atoms. The van der Waals surface area contributed by atoms with E-state index in [2.05, 4.69) is 58.0 Å². The third-order valence-electron chi connectivity index (χ3n) is 5.13. The van der Waals surface area contributed by atoms with Crippen molar-refractivity contribution in [3.63, 3.8) is 0 Å². The first-order chi connectivity index (χ1) is 11.1. The summed E-state index contributed by atoms with van der Waals surface area (Å²) in [6.07, 6.45) is 14.0. The van der Waals surface area contributed by atoms with Crippen LogP contribution >= 0.6 is 0 Å². The maximum absolute atomic E-state index is 2.45. The number of hydrogen-bond acceptors (Lipinski definition) is 0. The number of benzene rings is 1. The summed E-state index contributed by atoms with van der Waals surface area (Å²) in [5.41, 5.74) is 1.50. The van der Waals surface area contributed by atoms with Crippen molar-refractivity contribution in [2.75, 3.05) is 0 Å². The van der Waals surface area contributed by atoms with Gasteiger partial charge in [0.25, 0.3) is 0 Å². The van der Waals surface area contributed by atoms with Crippen molar-refractivity contribution >= 4 is 0 Å². The Bertz CT molecular complexity index is 365. The first kappa shape index (κ1) is 20.3. The van der Waals surface area contributed by atoms with Crippen molar-refractivity contribution in [2.45, 2.75) is 91.9 Å². The summed E-state index contributed by atoms with van der Waals surface area (Å²) in [4.78, 5) is 0. The Hall–Kier alpha value is -0.780. The molecular weight excluding hydrogens is 276 g/mol. The molecule has 1 aromatic carbocycles. The summed E-state index contributed by atoms with van der Waals surface area (Å²) in [6.45, 7) is 9.57. The lowest BCUT2D eigenvalue weighted by Gasteiger charge is -2.15. The molecule has 0 heterocycles. The van der Waals surface area contributed by atoms with E-state index in [-0.39, 0.29) is 0 Å². The minimum Gasteiger partial charge on any atom is -0.0628 e. The van der Waals surface area contributed by atoms with Gasteiger partial charge in [-0.15, -0.1) is 0 Å². The zero-order valence-corrected chi connectivity index (χ0v) is 16.2. The van der Waals surface area contributed by atoms with Gasteiger partial charge < -0.3 is 0 Å². The molecule has 0 aliphatic carbocycles. The highest BCUT2D eigenvalue weighted by Gasteiger charge is 2.06. The summed E-state index contributed by atoms with van der Waals surface area (Å²) in [7, 11) is 0. The smallest absolute Gasteiger partial charge is 0.0279 e. The SMILES string of the molecule is CC(C)CCCC(C)CCCC(C)CCCCc1ccccc1. The van der Waals surface area contributed by atoms with E-state index >= 15 is 0 Å². The molecule has 0 radical (unpaired) electrons. The van der Waals surface area contributed by atoms with Gasteiger partial charge in [-0.05, 0) is 36.2 Å². The lowest BCUT2D eigenvalue weighted by molar-refractivity contribution is 0.387. The highest BCUT2D eigenvalue weighted by molar-refractivity contribution is 5.14. The quantitative estimate of drug-likeness (QED) is 0.327. The van der Waals surface area contributed by atoms with Crippen LogP contribution in [0, 0.1) is 17.8 Å². The van der Waals surface area contributed by atoms with Crippen LogP contribution in [0.3, 0.4) is 0 Å². The zero-order valence-electron chi connectivity index (χ0n) is 16.2. The van der Waals surface area contributed by atoms with E-state index in [1.165, 1.54) is 69.8 Å². The maximum atomic E-state index is 2.45. The summed E-state index contributed by atoms with van der Waals surface area (Å²) in [5, 5.41) is 0. The monoisotopic (exact) mass is 316 g/mol. The fourth-order valence-corrected chi connectivity index (χ4v) is 3.44. The molecule has 0 aromatic heterocycles. The summed E-state index contributed by atoms with van der Waals surface area (Å²) in [5.74, 6) is 2.71. The van der Waals surface area contributed by atoms with Crippen molar-refractivity contribution in [3.05, 3.63) is 35.9 Å². The van der Waals surface area contributed by atoms with Gasteiger partial charge in [0.15, 0.2) is 0 Å². The molecule has 0 bridgehead atoms. The van der Waals surface area contributed by atoms with Crippen LogP contribution in [0.5, 0.6) is 0 Å². The van der Waals surface area contributed by atoms with Crippen LogP contribution in [0.4, 0.5) is 0 Å². The average Bonchev–Trinajstić information content (AvgIpc) is 2.52. The van der Waals surface area contributed by atoms with Gasteiger partial charge in [-0.1, -0.05) is 109 Å². The second kappa shape index (κ2) is 12.6. The van der Waals surface area contributed by atoms with Gasteiger partial charge in [-0.2, -0.15) is 0 Å². The van der Waals surface area contributed by atoms with Gasteiger partial charge in [-0.25, -0.2) is 0 Å². The fraction of sp³-hybridized carbons (Fsp3) is 0.739. The first-order valence-corrected chi connectivity index (χ1v) is 10.1. The van der Waals surface area contributed by atoms with E-state index in [9.17, 15) is 0 Å². The minimum atomic E-state index is 0.873. The Balaban J connectivity index is 1.96. The minimum absolute atomic E-state index is 0.873. The highest BCUT2D eigenvalue weighted by atomic mass is 14.1. The van der Waals surface area contributed by atoms with E-state index in [1.807, 2.05) is 0 Å². The summed E-state index contributed by atoms with van der Waals surface area (Å²) in [6, 6.07) is 10.9. The predicted octanol–water partition coefficient (Wildman–Crippen LogP) is 7.67. The topological polar surface area (TPSA) is 0 Å². The molecule has 0 N–H and O–H groups in total. The predicted molar refractivity (Wildman–Crippen MR) is 105 cm³/mol. The lowest BCUT2D eigenvalue weighted by Crippen LogP contribution is -2.00. The molecule has 0 nitrogen and oxygen atoms in total. The first-order valence-electron chi connectivity index (χ1n) is 10.1. The van der Waals surface area contributed by atoms with Gasteiger partial charge in [0, 0.05) is 0 Å². The molecule has 1 aromatic rings. The number of aryl methyl sites for hydroxylation is 1. The molecule has 132 valence electrons. The molecule has 0 fully saturated rings. The lowest BCUT2D eigenvalue weighted by atomic mass is 9.91. The molecule has 1 rings (SSSR count). The van der Waals surface area contributed by atoms with Crippen molar-refractivity contribution in [2.24, 2.45) is 17.8 Å². The third-order valence-corrected chi connectivity index (χ3v) is 5.13. The Morgan fingerprint density at radius 2 is 1.13 bits per heavy atom. The maximum Gasteiger partial charge on any atom is -0.0279 e. The number of unbranched alkanes of at least 4 members (excludes halogenated alkanes) is 1. The molecule has 0 heteroatoms. The molecule has 2 unspecified atom stereocenters. The second-order valence-electron chi connectivity index (χ2n) is 8.20. The van der Waals surface area contributed by atoms with Crippen molar-refractivity contribution < 1.29 is 0 Å². The zero-order chi connectivity index (χ0) is 16.9. The van der Waals surface area contributed by atoms with Gasteiger partial charge in [-0.3, -0.25) is 0 Å². The van der Waals surface area contributed by atoms with Gasteiger partial charge in [0.05, 0.1) is 0 Å². The molecule has 2 atom stereocenters. The van der Waals surface area contributed by atoms with Crippen LogP contribution in [0.1, 0.15) is 91.0 Å². The summed E-state index contributed by atoms with van der Waals surface area (Å²) >= 11 is 0. The second-order valence-corrected chi connectivity index (χ2v) is 8.20. The van der Waals surface area contributed by atoms with E-state index in [4.69, 9.17) is 0 Å².